The molecule has 0 heterocycles. The van der Waals surface area contributed by atoms with Crippen molar-refractivity contribution in [1.82, 2.24) is 0 Å². The van der Waals surface area contributed by atoms with Gasteiger partial charge in [0.05, 0.1) is 24.7 Å². The van der Waals surface area contributed by atoms with Gasteiger partial charge in [0.15, 0.2) is 0 Å². The van der Waals surface area contributed by atoms with E-state index < -0.39 is 16.0 Å². The molecule has 0 radical (unpaired) electrons. The van der Waals surface area contributed by atoms with Crippen molar-refractivity contribution in [3.63, 3.8) is 0 Å². The fraction of sp³-hybridized carbons (Fsp3) is 0.235. The molecule has 0 aliphatic rings. The van der Waals surface area contributed by atoms with Crippen LogP contribution < -0.4 is 9.46 Å². The predicted molar refractivity (Wildman–Crippen MR) is 91.1 cm³/mol. The molecule has 0 aliphatic heterocycles. The number of methoxy groups -OCH3 is 2. The molecule has 0 aromatic heterocycles. The molecule has 0 aliphatic carbocycles. The highest BCUT2D eigenvalue weighted by atomic mass is 32.2. The first kappa shape index (κ1) is 17.8. The molecule has 0 bridgehead atoms. The zero-order valence-corrected chi connectivity index (χ0v) is 14.7. The van der Waals surface area contributed by atoms with Gasteiger partial charge in [0.1, 0.15) is 5.75 Å². The Bertz CT molecular complexity index is 857. The van der Waals surface area contributed by atoms with Gasteiger partial charge in [-0.15, -0.1) is 0 Å². The minimum Gasteiger partial charge on any atom is -0.496 e. The van der Waals surface area contributed by atoms with Crippen LogP contribution in [-0.2, 0) is 14.8 Å². The normalized spacial score (nSPS) is 11.0. The first-order chi connectivity index (χ1) is 11.3. The summed E-state index contributed by atoms with van der Waals surface area (Å²) in [5, 5.41) is 0. The minimum atomic E-state index is -3.75. The van der Waals surface area contributed by atoms with Gasteiger partial charge >= 0.3 is 5.97 Å². The number of anilines is 1. The molecule has 0 atom stereocenters. The molecule has 0 amide bonds. The van der Waals surface area contributed by atoms with E-state index in [9.17, 15) is 13.2 Å². The maximum atomic E-state index is 12.6. The van der Waals surface area contributed by atoms with Gasteiger partial charge < -0.3 is 9.47 Å². The summed E-state index contributed by atoms with van der Waals surface area (Å²) >= 11 is 0. The average molecular weight is 349 g/mol. The van der Waals surface area contributed by atoms with Crippen LogP contribution in [0.3, 0.4) is 0 Å². The maximum Gasteiger partial charge on any atom is 0.337 e. The van der Waals surface area contributed by atoms with E-state index in [4.69, 9.17) is 4.74 Å². The topological polar surface area (TPSA) is 81.7 Å². The SMILES string of the molecule is COC(=O)c1ccc(NS(=O)(=O)c2ccc(OC)c(C)c2C)cc1. The van der Waals surface area contributed by atoms with Gasteiger partial charge in [0.2, 0.25) is 0 Å². The molecule has 6 nitrogen and oxygen atoms in total. The van der Waals surface area contributed by atoms with Crippen LogP contribution in [-0.4, -0.2) is 28.6 Å². The van der Waals surface area contributed by atoms with Crippen molar-refractivity contribution >= 4 is 21.7 Å². The summed E-state index contributed by atoms with van der Waals surface area (Å²) < 4.78 is 37.5. The summed E-state index contributed by atoms with van der Waals surface area (Å²) in [5.41, 5.74) is 2.09. The van der Waals surface area contributed by atoms with Gasteiger partial charge in [0.25, 0.3) is 10.0 Å². The quantitative estimate of drug-likeness (QED) is 0.840. The average Bonchev–Trinajstić information content (AvgIpc) is 2.56. The molecular formula is C17H19NO5S. The van der Waals surface area contributed by atoms with Crippen molar-refractivity contribution < 1.29 is 22.7 Å². The van der Waals surface area contributed by atoms with Crippen LogP contribution in [0.2, 0.25) is 0 Å². The van der Waals surface area contributed by atoms with E-state index in [1.165, 1.54) is 44.6 Å². The molecule has 2 rings (SSSR count). The zero-order valence-electron chi connectivity index (χ0n) is 13.9. The van der Waals surface area contributed by atoms with Crippen LogP contribution in [0.25, 0.3) is 0 Å². The number of hydrogen-bond acceptors (Lipinski definition) is 5. The lowest BCUT2D eigenvalue weighted by molar-refractivity contribution is 0.0601. The van der Waals surface area contributed by atoms with Gasteiger partial charge in [-0.1, -0.05) is 0 Å². The Balaban J connectivity index is 2.32. The Labute approximate surface area is 141 Å². The third-order valence-electron chi connectivity index (χ3n) is 3.76. The summed E-state index contributed by atoms with van der Waals surface area (Å²) in [6.07, 6.45) is 0. The van der Waals surface area contributed by atoms with Crippen molar-refractivity contribution in [3.05, 3.63) is 53.1 Å². The second kappa shape index (κ2) is 6.92. The van der Waals surface area contributed by atoms with Crippen molar-refractivity contribution in [1.29, 1.82) is 0 Å². The molecular weight excluding hydrogens is 330 g/mol. The molecule has 0 unspecified atom stereocenters. The highest BCUT2D eigenvalue weighted by Crippen LogP contribution is 2.28. The number of rotatable bonds is 5. The number of benzene rings is 2. The number of ether oxygens (including phenoxy) is 2. The number of esters is 1. The van der Waals surface area contributed by atoms with E-state index in [2.05, 4.69) is 9.46 Å². The highest BCUT2D eigenvalue weighted by Gasteiger charge is 2.19. The van der Waals surface area contributed by atoms with Gasteiger partial charge in [-0.2, -0.15) is 0 Å². The standard InChI is InChI=1S/C17H19NO5S/c1-11-12(2)16(10-9-15(11)22-3)24(20,21)18-14-7-5-13(6-8-14)17(19)23-4/h5-10,18H,1-4H3. The number of carbonyl (C=O) groups is 1. The molecule has 0 saturated carbocycles. The van der Waals surface area contributed by atoms with E-state index in [1.54, 1.807) is 19.9 Å². The number of hydrogen-bond donors (Lipinski definition) is 1. The number of sulfonamides is 1. The second-order valence-corrected chi connectivity index (χ2v) is 6.84. The minimum absolute atomic E-state index is 0.179. The fourth-order valence-electron chi connectivity index (χ4n) is 2.29. The molecule has 0 fully saturated rings. The van der Waals surface area contributed by atoms with Crippen LogP contribution in [0, 0.1) is 13.8 Å². The Hall–Kier alpha value is -2.54. The van der Waals surface area contributed by atoms with Gasteiger partial charge in [-0.05, 0) is 61.4 Å². The van der Waals surface area contributed by atoms with Gasteiger partial charge in [0, 0.05) is 5.69 Å². The van der Waals surface area contributed by atoms with Gasteiger partial charge in [-0.25, -0.2) is 13.2 Å². The van der Waals surface area contributed by atoms with E-state index in [1.807, 2.05) is 0 Å². The van der Waals surface area contributed by atoms with Crippen LogP contribution in [0.4, 0.5) is 5.69 Å². The van der Waals surface area contributed by atoms with Gasteiger partial charge in [-0.3, -0.25) is 4.72 Å². The van der Waals surface area contributed by atoms with Crippen LogP contribution >= 0.6 is 0 Å². The predicted octanol–water partition coefficient (Wildman–Crippen LogP) is 2.90. The number of carbonyl (C=O) groups excluding carboxylic acids is 1. The monoisotopic (exact) mass is 349 g/mol. The third-order valence-corrected chi connectivity index (χ3v) is 5.28. The van der Waals surface area contributed by atoms with Crippen LogP contribution in [0.1, 0.15) is 21.5 Å². The van der Waals surface area contributed by atoms with E-state index in [-0.39, 0.29) is 4.90 Å². The molecule has 2 aromatic carbocycles. The molecule has 24 heavy (non-hydrogen) atoms. The lowest BCUT2D eigenvalue weighted by Gasteiger charge is -2.14. The molecule has 128 valence electrons. The van der Waals surface area contributed by atoms with Crippen molar-refractivity contribution in [2.24, 2.45) is 0 Å². The lowest BCUT2D eigenvalue weighted by atomic mass is 10.1. The molecule has 2 aromatic rings. The maximum absolute atomic E-state index is 12.6. The first-order valence-corrected chi connectivity index (χ1v) is 8.64. The zero-order chi connectivity index (χ0) is 17.9. The highest BCUT2D eigenvalue weighted by molar-refractivity contribution is 7.92. The van der Waals surface area contributed by atoms with Crippen LogP contribution in [0.15, 0.2) is 41.3 Å². The summed E-state index contributed by atoms with van der Waals surface area (Å²) in [6, 6.07) is 9.14. The Kier molecular flexibility index (Phi) is 5.14. The largest absolute Gasteiger partial charge is 0.496 e. The second-order valence-electron chi connectivity index (χ2n) is 5.19. The van der Waals surface area contributed by atoms with Crippen molar-refractivity contribution in [2.45, 2.75) is 18.7 Å². The summed E-state index contributed by atoms with van der Waals surface area (Å²) in [7, 11) is -0.928. The Morgan fingerprint density at radius 2 is 1.58 bits per heavy atom. The van der Waals surface area contributed by atoms with E-state index in [0.29, 0.717) is 22.6 Å². The molecule has 1 N–H and O–H groups in total. The van der Waals surface area contributed by atoms with Crippen molar-refractivity contribution in [2.75, 3.05) is 18.9 Å². The Morgan fingerprint density at radius 1 is 0.958 bits per heavy atom. The third kappa shape index (κ3) is 3.51. The molecule has 7 heteroatoms. The van der Waals surface area contributed by atoms with Crippen molar-refractivity contribution in [3.8, 4) is 5.75 Å². The number of nitrogens with one attached hydrogen (secondary N) is 1. The molecule has 0 spiro atoms. The summed E-state index contributed by atoms with van der Waals surface area (Å²) in [5.74, 6) is 0.153. The first-order valence-electron chi connectivity index (χ1n) is 7.15. The van der Waals surface area contributed by atoms with E-state index >= 15 is 0 Å². The summed E-state index contributed by atoms with van der Waals surface area (Å²) in [6.45, 7) is 3.53. The van der Waals surface area contributed by atoms with Crippen LogP contribution in [0.5, 0.6) is 5.75 Å². The Morgan fingerprint density at radius 3 is 2.12 bits per heavy atom. The molecule has 0 saturated heterocycles. The summed E-state index contributed by atoms with van der Waals surface area (Å²) in [4.78, 5) is 11.6. The smallest absolute Gasteiger partial charge is 0.337 e. The lowest BCUT2D eigenvalue weighted by Crippen LogP contribution is -2.15. The van der Waals surface area contributed by atoms with E-state index in [0.717, 1.165) is 5.56 Å². The fourth-order valence-corrected chi connectivity index (χ4v) is 3.65.